The Morgan fingerprint density at radius 3 is 2.45 bits per heavy atom. The number of methoxy groups -OCH3 is 2. The van der Waals surface area contributed by atoms with Crippen LogP contribution in [0.1, 0.15) is 18.4 Å². The fourth-order valence-electron chi connectivity index (χ4n) is 3.14. The highest BCUT2D eigenvalue weighted by molar-refractivity contribution is 8.18. The first-order valence-electron chi connectivity index (χ1n) is 8.79. The minimum Gasteiger partial charge on any atom is -0.496 e. The van der Waals surface area contributed by atoms with Crippen molar-refractivity contribution in [3.63, 3.8) is 0 Å². The molecule has 2 fully saturated rings. The lowest BCUT2D eigenvalue weighted by Gasteiger charge is -2.18. The van der Waals surface area contributed by atoms with Crippen molar-refractivity contribution in [1.82, 2.24) is 9.80 Å². The number of nitrogens with zero attached hydrogens (tertiary/aromatic N) is 3. The quantitative estimate of drug-likeness (QED) is 0.390. The van der Waals surface area contributed by atoms with E-state index < -0.39 is 16.1 Å². The van der Waals surface area contributed by atoms with E-state index in [4.69, 9.17) is 9.47 Å². The molecule has 2 aliphatic rings. The smallest absolute Gasteiger partial charge is 0.311 e. The summed E-state index contributed by atoms with van der Waals surface area (Å²) >= 11 is 0.676. The molecule has 11 heteroatoms. The molecule has 0 saturated carbocycles. The van der Waals surface area contributed by atoms with Gasteiger partial charge in [-0.2, -0.15) is 0 Å². The summed E-state index contributed by atoms with van der Waals surface area (Å²) < 4.78 is 10.2. The van der Waals surface area contributed by atoms with Gasteiger partial charge in [0.2, 0.25) is 11.7 Å². The third-order valence-electron chi connectivity index (χ3n) is 4.64. The number of carbonyl (C=O) groups excluding carboxylic acids is 3. The fourth-order valence-corrected chi connectivity index (χ4v) is 3.97. The fraction of sp³-hybridized carbons (Fsp3) is 0.389. The number of amides is 3. The lowest BCUT2D eigenvalue weighted by atomic mass is 10.1. The monoisotopic (exact) mass is 421 g/mol. The van der Waals surface area contributed by atoms with E-state index in [1.165, 1.54) is 32.4 Å². The zero-order valence-corrected chi connectivity index (χ0v) is 16.7. The molecule has 1 aromatic rings. The maximum Gasteiger partial charge on any atom is 0.311 e. The summed E-state index contributed by atoms with van der Waals surface area (Å²) in [6.45, 7) is 0.928. The highest BCUT2D eigenvalue weighted by Crippen LogP contribution is 2.38. The van der Waals surface area contributed by atoms with Gasteiger partial charge in [-0.25, -0.2) is 0 Å². The largest absolute Gasteiger partial charge is 0.496 e. The van der Waals surface area contributed by atoms with Crippen molar-refractivity contribution in [3.8, 4) is 11.5 Å². The van der Waals surface area contributed by atoms with E-state index in [2.05, 4.69) is 0 Å². The van der Waals surface area contributed by atoms with Crippen molar-refractivity contribution in [3.05, 3.63) is 32.7 Å². The number of hydrogen-bond acceptors (Lipinski definition) is 8. The van der Waals surface area contributed by atoms with Gasteiger partial charge in [0, 0.05) is 30.8 Å². The topological polar surface area (TPSA) is 119 Å². The third kappa shape index (κ3) is 4.19. The van der Waals surface area contributed by atoms with Gasteiger partial charge in [0.05, 0.1) is 24.0 Å². The zero-order chi connectivity index (χ0) is 21.1. The van der Waals surface area contributed by atoms with Crippen molar-refractivity contribution < 1.29 is 28.8 Å². The van der Waals surface area contributed by atoms with Crippen LogP contribution in [0, 0.1) is 10.1 Å². The number of nitro groups is 1. The van der Waals surface area contributed by atoms with E-state index in [1.54, 1.807) is 4.90 Å². The molecule has 0 aromatic heterocycles. The molecule has 0 aliphatic carbocycles. The minimum absolute atomic E-state index is 0.00770. The van der Waals surface area contributed by atoms with Crippen LogP contribution in [-0.2, 0) is 9.59 Å². The van der Waals surface area contributed by atoms with Crippen LogP contribution >= 0.6 is 11.8 Å². The second-order valence-corrected chi connectivity index (χ2v) is 7.37. The second kappa shape index (κ2) is 8.52. The molecule has 2 saturated heterocycles. The van der Waals surface area contributed by atoms with Crippen LogP contribution in [0.25, 0.3) is 6.08 Å². The Bertz CT molecular complexity index is 909. The van der Waals surface area contributed by atoms with Gasteiger partial charge in [-0.15, -0.1) is 0 Å². The van der Waals surface area contributed by atoms with Gasteiger partial charge in [0.25, 0.3) is 11.1 Å². The van der Waals surface area contributed by atoms with Gasteiger partial charge in [-0.05, 0) is 30.7 Å². The molecule has 2 aliphatic heterocycles. The molecule has 29 heavy (non-hydrogen) atoms. The molecular weight excluding hydrogens is 402 g/mol. The first kappa shape index (κ1) is 20.6. The van der Waals surface area contributed by atoms with E-state index in [0.717, 1.165) is 17.7 Å². The van der Waals surface area contributed by atoms with Gasteiger partial charge >= 0.3 is 5.69 Å². The first-order chi connectivity index (χ1) is 13.8. The first-order valence-corrected chi connectivity index (χ1v) is 9.61. The number of carbonyl (C=O) groups is 3. The molecule has 3 amide bonds. The van der Waals surface area contributed by atoms with Crippen LogP contribution in [0.5, 0.6) is 11.5 Å². The maximum absolute atomic E-state index is 12.7. The van der Waals surface area contributed by atoms with Crippen LogP contribution in [0.3, 0.4) is 0 Å². The average molecular weight is 421 g/mol. The minimum atomic E-state index is -0.618. The van der Waals surface area contributed by atoms with Crippen molar-refractivity contribution in [2.75, 3.05) is 33.9 Å². The highest BCUT2D eigenvalue weighted by Gasteiger charge is 2.37. The van der Waals surface area contributed by atoms with Crippen molar-refractivity contribution in [1.29, 1.82) is 0 Å². The Morgan fingerprint density at radius 2 is 1.86 bits per heavy atom. The predicted molar refractivity (Wildman–Crippen MR) is 105 cm³/mol. The molecule has 0 radical (unpaired) electrons. The number of benzene rings is 1. The summed E-state index contributed by atoms with van der Waals surface area (Å²) in [5.74, 6) is -0.641. The van der Waals surface area contributed by atoms with E-state index in [1.807, 2.05) is 0 Å². The van der Waals surface area contributed by atoms with Crippen molar-refractivity contribution in [2.24, 2.45) is 0 Å². The molecule has 154 valence electrons. The average Bonchev–Trinajstić information content (AvgIpc) is 3.32. The number of rotatable bonds is 6. The van der Waals surface area contributed by atoms with Crippen molar-refractivity contribution in [2.45, 2.75) is 12.8 Å². The Balaban J connectivity index is 1.87. The van der Waals surface area contributed by atoms with E-state index in [9.17, 15) is 24.5 Å². The van der Waals surface area contributed by atoms with Gasteiger partial charge in [-0.1, -0.05) is 0 Å². The van der Waals surface area contributed by atoms with E-state index in [0.29, 0.717) is 24.9 Å². The summed E-state index contributed by atoms with van der Waals surface area (Å²) in [4.78, 5) is 50.4. The molecule has 0 unspecified atom stereocenters. The highest BCUT2D eigenvalue weighted by atomic mass is 32.2. The number of imide groups is 1. The molecule has 1 aromatic carbocycles. The number of nitro benzene ring substituents is 1. The van der Waals surface area contributed by atoms with Crippen LogP contribution in [-0.4, -0.2) is 65.6 Å². The molecule has 10 nitrogen and oxygen atoms in total. The number of ether oxygens (including phenoxy) is 2. The van der Waals surface area contributed by atoms with Gasteiger partial charge in [0.1, 0.15) is 12.3 Å². The van der Waals surface area contributed by atoms with E-state index in [-0.39, 0.29) is 40.1 Å². The molecule has 0 spiro atoms. The zero-order valence-electron chi connectivity index (χ0n) is 15.9. The van der Waals surface area contributed by atoms with Gasteiger partial charge in [0.15, 0.2) is 0 Å². The number of likely N-dealkylation sites (tertiary alicyclic amines) is 1. The third-order valence-corrected chi connectivity index (χ3v) is 5.55. The van der Waals surface area contributed by atoms with Crippen molar-refractivity contribution >= 4 is 40.6 Å². The lowest BCUT2D eigenvalue weighted by Crippen LogP contribution is -2.40. The summed E-state index contributed by atoms with van der Waals surface area (Å²) in [7, 11) is 2.67. The summed E-state index contributed by atoms with van der Waals surface area (Å²) in [5.41, 5.74) is -0.0561. The molecular formula is C18H19N3O7S. The normalized spacial score (nSPS) is 17.9. The van der Waals surface area contributed by atoms with Crippen LogP contribution in [0.15, 0.2) is 17.0 Å². The standard InChI is InChI=1S/C18H19N3O7S/c1-27-13-9-14(28-2)12(21(25)26)7-11(13)8-15-17(23)20(18(24)29-15)10-16(22)19-5-3-4-6-19/h7-9H,3-6,10H2,1-2H3/b15-8+. The van der Waals surface area contributed by atoms with Crippen LogP contribution in [0.4, 0.5) is 10.5 Å². The Morgan fingerprint density at radius 1 is 1.21 bits per heavy atom. The maximum atomic E-state index is 12.7. The summed E-state index contributed by atoms with van der Waals surface area (Å²) in [5, 5.41) is 10.7. The molecule has 0 N–H and O–H groups in total. The lowest BCUT2D eigenvalue weighted by molar-refractivity contribution is -0.385. The second-order valence-electron chi connectivity index (χ2n) is 6.38. The molecule has 3 rings (SSSR count). The SMILES string of the molecule is COc1cc(OC)c([N+](=O)[O-])cc1/C=C1/SC(=O)N(CC(=O)N2CCCC2)C1=O. The van der Waals surface area contributed by atoms with Gasteiger partial charge < -0.3 is 14.4 Å². The molecule has 2 heterocycles. The van der Waals surface area contributed by atoms with E-state index >= 15 is 0 Å². The van der Waals surface area contributed by atoms with Gasteiger partial charge in [-0.3, -0.25) is 29.4 Å². The number of hydrogen-bond donors (Lipinski definition) is 0. The molecule has 0 atom stereocenters. The van der Waals surface area contributed by atoms with Crippen LogP contribution < -0.4 is 9.47 Å². The Kier molecular flexibility index (Phi) is 6.06. The Labute approximate surface area is 170 Å². The van der Waals surface area contributed by atoms with Crippen LogP contribution in [0.2, 0.25) is 0 Å². The Hall–Kier alpha value is -3.08. The summed E-state index contributed by atoms with van der Waals surface area (Å²) in [6.07, 6.45) is 3.16. The summed E-state index contributed by atoms with van der Waals surface area (Å²) in [6, 6.07) is 2.55. The molecule has 0 bridgehead atoms. The predicted octanol–water partition coefficient (Wildman–Crippen LogP) is 2.27. The number of thioether (sulfide) groups is 1.